The van der Waals surface area contributed by atoms with Crippen molar-refractivity contribution in [2.45, 2.75) is 19.8 Å². The molecule has 0 fully saturated rings. The average molecular weight is 329 g/mol. The number of ether oxygens (including phenoxy) is 2. The number of hydrogen-bond acceptors (Lipinski definition) is 6. The van der Waals surface area contributed by atoms with Gasteiger partial charge in [0.15, 0.2) is 0 Å². The van der Waals surface area contributed by atoms with Crippen LogP contribution in [0.5, 0.6) is 5.88 Å². The van der Waals surface area contributed by atoms with Gasteiger partial charge in [0, 0.05) is 11.8 Å². The van der Waals surface area contributed by atoms with Crippen molar-refractivity contribution in [2.75, 3.05) is 19.0 Å². The first-order valence-electron chi connectivity index (χ1n) is 7.58. The first-order chi connectivity index (χ1) is 11.6. The van der Waals surface area contributed by atoms with Gasteiger partial charge in [-0.05, 0) is 30.7 Å². The summed E-state index contributed by atoms with van der Waals surface area (Å²) in [5.74, 6) is -0.462. The number of methoxy groups -OCH3 is 1. The maximum absolute atomic E-state index is 12.1. The molecule has 0 atom stereocenters. The maximum Gasteiger partial charge on any atom is 0.338 e. The van der Waals surface area contributed by atoms with Crippen molar-refractivity contribution in [2.24, 2.45) is 0 Å². The molecule has 0 saturated carbocycles. The lowest BCUT2D eigenvalue weighted by Crippen LogP contribution is -2.14. The zero-order valence-corrected chi connectivity index (χ0v) is 13.6. The second-order valence-corrected chi connectivity index (χ2v) is 4.97. The fourth-order valence-corrected chi connectivity index (χ4v) is 1.85. The number of carbonyl (C=O) groups excluding carboxylic acids is 2. The lowest BCUT2D eigenvalue weighted by Gasteiger charge is -2.07. The number of benzene rings is 1. The van der Waals surface area contributed by atoms with Crippen molar-refractivity contribution in [3.05, 3.63) is 47.9 Å². The van der Waals surface area contributed by atoms with E-state index < -0.39 is 5.91 Å². The minimum Gasteiger partial charge on any atom is -0.481 e. The molecule has 2 rings (SSSR count). The molecule has 7 nitrogen and oxygen atoms in total. The van der Waals surface area contributed by atoms with Gasteiger partial charge in [-0.1, -0.05) is 13.3 Å². The van der Waals surface area contributed by atoms with Crippen molar-refractivity contribution >= 4 is 17.6 Å². The molecule has 0 aliphatic heterocycles. The first kappa shape index (κ1) is 17.4. The molecule has 1 aromatic carbocycles. The second-order valence-electron chi connectivity index (χ2n) is 4.97. The van der Waals surface area contributed by atoms with Gasteiger partial charge in [0.1, 0.15) is 12.0 Å². The fraction of sp³-hybridized carbons (Fsp3) is 0.294. The van der Waals surface area contributed by atoms with Crippen LogP contribution in [0, 0.1) is 0 Å². The van der Waals surface area contributed by atoms with Crippen LogP contribution in [0.25, 0.3) is 0 Å². The van der Waals surface area contributed by atoms with E-state index in [0.29, 0.717) is 23.7 Å². The number of rotatable bonds is 7. The van der Waals surface area contributed by atoms with E-state index in [0.717, 1.165) is 12.8 Å². The van der Waals surface area contributed by atoms with Crippen molar-refractivity contribution in [1.29, 1.82) is 0 Å². The molecule has 1 aromatic heterocycles. The van der Waals surface area contributed by atoms with E-state index in [1.54, 1.807) is 24.3 Å². The molecule has 0 aliphatic carbocycles. The summed E-state index contributed by atoms with van der Waals surface area (Å²) in [5, 5.41) is 2.69. The Labute approximate surface area is 140 Å². The number of anilines is 1. The zero-order chi connectivity index (χ0) is 17.4. The fourth-order valence-electron chi connectivity index (χ4n) is 1.85. The molecular weight excluding hydrogens is 310 g/mol. The molecule has 0 radical (unpaired) electrons. The number of amides is 1. The van der Waals surface area contributed by atoms with Crippen LogP contribution in [0.3, 0.4) is 0 Å². The van der Waals surface area contributed by atoms with E-state index in [1.807, 2.05) is 6.92 Å². The molecule has 0 aliphatic rings. The molecule has 0 spiro atoms. The molecule has 2 aromatic rings. The standard InChI is InChI=1S/C17H19N3O4/c1-3-4-9-24-17(22)12-5-7-13(8-6-12)20-16(21)14-10-15(23-2)19-11-18-14/h5-8,10-11H,3-4,9H2,1-2H3,(H,20,21). The minimum atomic E-state index is -0.394. The molecule has 126 valence electrons. The normalized spacial score (nSPS) is 10.1. The predicted molar refractivity (Wildman–Crippen MR) is 88.2 cm³/mol. The number of nitrogens with one attached hydrogen (secondary N) is 1. The van der Waals surface area contributed by atoms with Gasteiger partial charge in [0.25, 0.3) is 5.91 Å². The molecule has 0 bridgehead atoms. The van der Waals surface area contributed by atoms with Crippen LogP contribution in [0.4, 0.5) is 5.69 Å². The Morgan fingerprint density at radius 3 is 2.58 bits per heavy atom. The van der Waals surface area contributed by atoms with Crippen LogP contribution < -0.4 is 10.1 Å². The number of aromatic nitrogens is 2. The van der Waals surface area contributed by atoms with E-state index in [-0.39, 0.29) is 11.7 Å². The average Bonchev–Trinajstić information content (AvgIpc) is 2.62. The van der Waals surface area contributed by atoms with Gasteiger partial charge in [0.2, 0.25) is 5.88 Å². The minimum absolute atomic E-state index is 0.185. The molecule has 1 amide bonds. The number of nitrogens with zero attached hydrogens (tertiary/aromatic N) is 2. The Hall–Kier alpha value is -2.96. The maximum atomic E-state index is 12.1. The summed E-state index contributed by atoms with van der Waals surface area (Å²) in [4.78, 5) is 31.7. The third kappa shape index (κ3) is 4.77. The highest BCUT2D eigenvalue weighted by molar-refractivity contribution is 6.03. The Kier molecular flexibility index (Phi) is 6.24. The highest BCUT2D eigenvalue weighted by Crippen LogP contribution is 2.13. The lowest BCUT2D eigenvalue weighted by molar-refractivity contribution is 0.0499. The summed E-state index contributed by atoms with van der Waals surface area (Å²) in [6.45, 7) is 2.43. The third-order valence-corrected chi connectivity index (χ3v) is 3.19. The monoisotopic (exact) mass is 329 g/mol. The highest BCUT2D eigenvalue weighted by atomic mass is 16.5. The SMILES string of the molecule is CCCCOC(=O)c1ccc(NC(=O)c2cc(OC)ncn2)cc1. The molecule has 1 heterocycles. The van der Waals surface area contributed by atoms with Gasteiger partial charge in [-0.3, -0.25) is 4.79 Å². The van der Waals surface area contributed by atoms with E-state index >= 15 is 0 Å². The van der Waals surface area contributed by atoms with Gasteiger partial charge in [0.05, 0.1) is 19.3 Å². The van der Waals surface area contributed by atoms with E-state index in [9.17, 15) is 9.59 Å². The van der Waals surface area contributed by atoms with Crippen LogP contribution in [0.2, 0.25) is 0 Å². The summed E-state index contributed by atoms with van der Waals surface area (Å²) in [6, 6.07) is 7.91. The lowest BCUT2D eigenvalue weighted by atomic mass is 10.2. The van der Waals surface area contributed by atoms with Crippen LogP contribution >= 0.6 is 0 Å². The van der Waals surface area contributed by atoms with Crippen LogP contribution in [-0.4, -0.2) is 35.6 Å². The van der Waals surface area contributed by atoms with Crippen molar-refractivity contribution in [3.8, 4) is 5.88 Å². The van der Waals surface area contributed by atoms with E-state index in [1.165, 1.54) is 19.5 Å². The van der Waals surface area contributed by atoms with Gasteiger partial charge in [-0.15, -0.1) is 0 Å². The molecule has 0 saturated heterocycles. The summed E-state index contributed by atoms with van der Waals surface area (Å²) >= 11 is 0. The molecular formula is C17H19N3O4. The smallest absolute Gasteiger partial charge is 0.338 e. The van der Waals surface area contributed by atoms with Crippen LogP contribution in [0.15, 0.2) is 36.7 Å². The van der Waals surface area contributed by atoms with Gasteiger partial charge in [-0.25, -0.2) is 14.8 Å². The molecule has 0 unspecified atom stereocenters. The number of carbonyl (C=O) groups is 2. The topological polar surface area (TPSA) is 90.4 Å². The molecule has 24 heavy (non-hydrogen) atoms. The summed E-state index contributed by atoms with van der Waals surface area (Å²) in [5.41, 5.74) is 1.17. The van der Waals surface area contributed by atoms with Crippen LogP contribution in [-0.2, 0) is 4.74 Å². The Bertz CT molecular complexity index is 701. The number of hydrogen-bond donors (Lipinski definition) is 1. The molecule has 7 heteroatoms. The van der Waals surface area contributed by atoms with E-state index in [4.69, 9.17) is 9.47 Å². The highest BCUT2D eigenvalue weighted by Gasteiger charge is 2.11. The van der Waals surface area contributed by atoms with Crippen molar-refractivity contribution < 1.29 is 19.1 Å². The van der Waals surface area contributed by atoms with E-state index in [2.05, 4.69) is 15.3 Å². The van der Waals surface area contributed by atoms with Gasteiger partial charge in [-0.2, -0.15) is 0 Å². The number of unbranched alkanes of at least 4 members (excludes halogenated alkanes) is 1. The second kappa shape index (κ2) is 8.61. The van der Waals surface area contributed by atoms with Crippen molar-refractivity contribution in [3.63, 3.8) is 0 Å². The Balaban J connectivity index is 1.98. The van der Waals surface area contributed by atoms with Gasteiger partial charge < -0.3 is 14.8 Å². The predicted octanol–water partition coefficient (Wildman–Crippen LogP) is 2.69. The van der Waals surface area contributed by atoms with Crippen LogP contribution in [0.1, 0.15) is 40.6 Å². The largest absolute Gasteiger partial charge is 0.481 e. The first-order valence-corrected chi connectivity index (χ1v) is 7.58. The quantitative estimate of drug-likeness (QED) is 0.620. The van der Waals surface area contributed by atoms with Gasteiger partial charge >= 0.3 is 5.97 Å². The Morgan fingerprint density at radius 2 is 1.92 bits per heavy atom. The van der Waals surface area contributed by atoms with Crippen molar-refractivity contribution in [1.82, 2.24) is 9.97 Å². The summed E-state index contributed by atoms with van der Waals surface area (Å²) in [7, 11) is 1.46. The molecule has 1 N–H and O–H groups in total. The third-order valence-electron chi connectivity index (χ3n) is 3.19. The number of esters is 1. The summed E-state index contributed by atoms with van der Waals surface area (Å²) < 4.78 is 10.1. The zero-order valence-electron chi connectivity index (χ0n) is 13.6. The Morgan fingerprint density at radius 1 is 1.17 bits per heavy atom. The summed E-state index contributed by atoms with van der Waals surface area (Å²) in [6.07, 6.45) is 3.05.